The number of nitrogens with zero attached hydrogens (tertiary/aromatic N) is 2. The zero-order chi connectivity index (χ0) is 25.1. The molecule has 1 amide bonds. The monoisotopic (exact) mass is 713 g/mol. The lowest BCUT2D eigenvalue weighted by Crippen LogP contribution is -2.30. The van der Waals surface area contributed by atoms with Crippen molar-refractivity contribution in [2.45, 2.75) is 6.61 Å². The topological polar surface area (TPSA) is 93.9 Å². The Morgan fingerprint density at radius 2 is 1.71 bits per heavy atom. The molecule has 0 radical (unpaired) electrons. The van der Waals surface area contributed by atoms with Crippen LogP contribution in [0.15, 0.2) is 66.4 Å². The van der Waals surface area contributed by atoms with E-state index in [1.165, 1.54) is 17.0 Å². The van der Waals surface area contributed by atoms with E-state index in [0.29, 0.717) is 28.0 Å². The molecule has 1 aliphatic rings. The van der Waals surface area contributed by atoms with Crippen LogP contribution in [0.1, 0.15) is 11.1 Å². The molecule has 1 fully saturated rings. The summed E-state index contributed by atoms with van der Waals surface area (Å²) in [6, 6.07) is 17.2. The highest BCUT2D eigenvalue weighted by Crippen LogP contribution is 2.31. The molecule has 1 heterocycles. The summed E-state index contributed by atoms with van der Waals surface area (Å²) in [5.74, 6) is 1.14. The van der Waals surface area contributed by atoms with Crippen molar-refractivity contribution in [3.05, 3.63) is 94.7 Å². The van der Waals surface area contributed by atoms with Crippen LogP contribution in [0, 0.1) is 17.3 Å². The number of hydrogen-bond acceptors (Lipinski definition) is 6. The van der Waals surface area contributed by atoms with Crippen molar-refractivity contribution >= 4 is 85.9 Å². The summed E-state index contributed by atoms with van der Waals surface area (Å²) in [5.41, 5.74) is 2.70. The molecule has 0 bridgehead atoms. The van der Waals surface area contributed by atoms with Gasteiger partial charge >= 0.3 is 0 Å². The largest absolute Gasteiger partial charge is 0.497 e. The fraction of sp³-hybridized carbons (Fsp3) is 0.0833. The summed E-state index contributed by atoms with van der Waals surface area (Å²) in [6.45, 7) is 0.273. The van der Waals surface area contributed by atoms with Crippen LogP contribution < -0.4 is 19.7 Å². The molecule has 178 valence electrons. The Hall–Kier alpha value is -2.78. The summed E-state index contributed by atoms with van der Waals surface area (Å²) in [6.07, 6.45) is 1.75. The standard InChI is InChI=1S/C24H17I2N3O5S/c1-33-18-8-6-16(7-9-18)28-23(30)21(27-24(28)35)12-15-10-19(25)22(20(26)11-15)34-13-14-2-4-17(5-3-14)29(31)32/h2-12H,13H2,1H3,(H,27,35)/b21-12-. The van der Waals surface area contributed by atoms with Gasteiger partial charge in [0.1, 0.15) is 23.8 Å². The summed E-state index contributed by atoms with van der Waals surface area (Å²) >= 11 is 9.76. The number of carbonyl (C=O) groups is 1. The van der Waals surface area contributed by atoms with Gasteiger partial charge in [0, 0.05) is 12.1 Å². The molecule has 0 aromatic heterocycles. The number of nitro benzene ring substituents is 1. The minimum atomic E-state index is -0.434. The van der Waals surface area contributed by atoms with Gasteiger partial charge in [-0.05, 0) is 123 Å². The fourth-order valence-electron chi connectivity index (χ4n) is 3.34. The molecule has 1 aliphatic heterocycles. The van der Waals surface area contributed by atoms with Crippen molar-refractivity contribution in [1.29, 1.82) is 0 Å². The number of carbonyl (C=O) groups excluding carboxylic acids is 1. The average Bonchev–Trinajstić information content (AvgIpc) is 3.11. The second-order valence-electron chi connectivity index (χ2n) is 7.35. The molecule has 3 aromatic carbocycles. The molecule has 35 heavy (non-hydrogen) atoms. The summed E-state index contributed by atoms with van der Waals surface area (Å²) < 4.78 is 12.9. The Labute approximate surface area is 233 Å². The van der Waals surface area contributed by atoms with Crippen molar-refractivity contribution in [3.63, 3.8) is 0 Å². The van der Waals surface area contributed by atoms with E-state index in [1.807, 2.05) is 12.1 Å². The molecular weight excluding hydrogens is 696 g/mol. The van der Waals surface area contributed by atoms with Crippen LogP contribution in [-0.2, 0) is 11.4 Å². The molecule has 0 aliphatic carbocycles. The zero-order valence-electron chi connectivity index (χ0n) is 18.2. The van der Waals surface area contributed by atoms with E-state index in [1.54, 1.807) is 49.6 Å². The minimum Gasteiger partial charge on any atom is -0.497 e. The lowest BCUT2D eigenvalue weighted by Gasteiger charge is -2.14. The van der Waals surface area contributed by atoms with Crippen molar-refractivity contribution in [2.75, 3.05) is 12.0 Å². The van der Waals surface area contributed by atoms with Gasteiger partial charge in [-0.1, -0.05) is 0 Å². The highest BCUT2D eigenvalue weighted by molar-refractivity contribution is 14.1. The van der Waals surface area contributed by atoms with E-state index in [0.717, 1.165) is 18.3 Å². The molecule has 8 nitrogen and oxygen atoms in total. The molecule has 1 saturated heterocycles. The fourth-order valence-corrected chi connectivity index (χ4v) is 5.76. The molecule has 4 rings (SSSR count). The van der Waals surface area contributed by atoms with Crippen LogP contribution in [0.2, 0.25) is 0 Å². The van der Waals surface area contributed by atoms with Crippen LogP contribution in [0.3, 0.4) is 0 Å². The first kappa shape index (κ1) is 25.3. The number of amides is 1. The normalized spacial score (nSPS) is 14.3. The van der Waals surface area contributed by atoms with Crippen LogP contribution in [0.5, 0.6) is 11.5 Å². The third-order valence-electron chi connectivity index (χ3n) is 5.07. The first-order chi connectivity index (χ1) is 16.8. The summed E-state index contributed by atoms with van der Waals surface area (Å²) in [7, 11) is 1.58. The number of halogens is 2. The van der Waals surface area contributed by atoms with Crippen molar-refractivity contribution in [2.24, 2.45) is 0 Å². The highest BCUT2D eigenvalue weighted by atomic mass is 127. The second-order valence-corrected chi connectivity index (χ2v) is 10.1. The number of benzene rings is 3. The number of methoxy groups -OCH3 is 1. The third kappa shape index (κ3) is 5.73. The first-order valence-corrected chi connectivity index (χ1v) is 12.7. The molecule has 0 unspecified atom stereocenters. The molecular formula is C24H17I2N3O5S. The lowest BCUT2D eigenvalue weighted by molar-refractivity contribution is -0.384. The van der Waals surface area contributed by atoms with Crippen molar-refractivity contribution in [3.8, 4) is 11.5 Å². The maximum atomic E-state index is 13.0. The number of rotatable bonds is 7. The zero-order valence-corrected chi connectivity index (χ0v) is 23.3. The Balaban J connectivity index is 1.50. The summed E-state index contributed by atoms with van der Waals surface area (Å²) in [4.78, 5) is 24.9. The number of nitro groups is 1. The van der Waals surface area contributed by atoms with Gasteiger partial charge in [-0.3, -0.25) is 19.8 Å². The first-order valence-electron chi connectivity index (χ1n) is 10.1. The molecule has 0 atom stereocenters. The van der Waals surface area contributed by atoms with Gasteiger partial charge in [-0.15, -0.1) is 0 Å². The minimum absolute atomic E-state index is 0.0374. The van der Waals surface area contributed by atoms with Gasteiger partial charge in [-0.2, -0.15) is 0 Å². The van der Waals surface area contributed by atoms with E-state index < -0.39 is 4.92 Å². The Morgan fingerprint density at radius 3 is 2.29 bits per heavy atom. The predicted molar refractivity (Wildman–Crippen MR) is 153 cm³/mol. The number of non-ortho nitro benzene ring substituents is 1. The SMILES string of the molecule is COc1ccc(N2C(=O)/C(=C/c3cc(I)c(OCc4ccc([N+](=O)[O-])cc4)c(I)c3)NC2=S)cc1. The van der Waals surface area contributed by atoms with Crippen LogP contribution in [0.4, 0.5) is 11.4 Å². The number of anilines is 1. The molecule has 0 spiro atoms. The van der Waals surface area contributed by atoms with E-state index in [-0.39, 0.29) is 18.2 Å². The van der Waals surface area contributed by atoms with Gasteiger partial charge in [0.15, 0.2) is 5.11 Å². The van der Waals surface area contributed by atoms with E-state index in [2.05, 4.69) is 50.5 Å². The third-order valence-corrected chi connectivity index (χ3v) is 6.96. The number of thiocarbonyl (C=S) groups is 1. The van der Waals surface area contributed by atoms with E-state index in [9.17, 15) is 14.9 Å². The average molecular weight is 713 g/mol. The van der Waals surface area contributed by atoms with Crippen LogP contribution >= 0.6 is 57.4 Å². The number of nitrogens with one attached hydrogen (secondary N) is 1. The van der Waals surface area contributed by atoms with Gasteiger partial charge in [0.2, 0.25) is 0 Å². The Kier molecular flexibility index (Phi) is 7.86. The summed E-state index contributed by atoms with van der Waals surface area (Å²) in [5, 5.41) is 14.1. The van der Waals surface area contributed by atoms with Gasteiger partial charge < -0.3 is 14.8 Å². The molecule has 11 heteroatoms. The van der Waals surface area contributed by atoms with Crippen molar-refractivity contribution < 1.29 is 19.2 Å². The molecule has 3 aromatic rings. The maximum Gasteiger partial charge on any atom is 0.281 e. The molecule has 0 saturated carbocycles. The number of hydrogen-bond donors (Lipinski definition) is 1. The van der Waals surface area contributed by atoms with Crippen LogP contribution in [0.25, 0.3) is 6.08 Å². The number of ether oxygens (including phenoxy) is 2. The quantitative estimate of drug-likeness (QED) is 0.111. The predicted octanol–water partition coefficient (Wildman–Crippen LogP) is 5.65. The second kappa shape index (κ2) is 10.9. The highest BCUT2D eigenvalue weighted by Gasteiger charge is 2.32. The smallest absolute Gasteiger partial charge is 0.281 e. The van der Waals surface area contributed by atoms with Gasteiger partial charge in [0.05, 0.1) is 24.9 Å². The van der Waals surface area contributed by atoms with Crippen molar-refractivity contribution in [1.82, 2.24) is 5.32 Å². The Morgan fingerprint density at radius 1 is 1.09 bits per heavy atom. The van der Waals surface area contributed by atoms with Gasteiger partial charge in [0.25, 0.3) is 11.6 Å². The Bertz CT molecular complexity index is 1320. The lowest BCUT2D eigenvalue weighted by atomic mass is 10.1. The molecule has 1 N–H and O–H groups in total. The van der Waals surface area contributed by atoms with Gasteiger partial charge in [-0.25, -0.2) is 0 Å². The van der Waals surface area contributed by atoms with E-state index >= 15 is 0 Å². The maximum absolute atomic E-state index is 13.0. The van der Waals surface area contributed by atoms with Crippen LogP contribution in [-0.4, -0.2) is 23.1 Å². The van der Waals surface area contributed by atoms with E-state index in [4.69, 9.17) is 21.7 Å².